The summed E-state index contributed by atoms with van der Waals surface area (Å²) in [6.07, 6.45) is 3.19. The number of nitrogens with one attached hydrogen (secondary N) is 1. The Morgan fingerprint density at radius 2 is 1.87 bits per heavy atom. The number of rotatable bonds is 12. The summed E-state index contributed by atoms with van der Waals surface area (Å²) in [5.41, 5.74) is 0. The van der Waals surface area contributed by atoms with Gasteiger partial charge in [0, 0.05) is 26.9 Å². The molecule has 0 saturated heterocycles. The molecule has 1 aromatic carbocycles. The number of hydrogen-bond acceptors (Lipinski definition) is 5. The lowest BCUT2D eigenvalue weighted by Crippen LogP contribution is -2.25. The van der Waals surface area contributed by atoms with Gasteiger partial charge in [0.05, 0.1) is 11.5 Å². The highest BCUT2D eigenvalue weighted by molar-refractivity contribution is 7.89. The van der Waals surface area contributed by atoms with Crippen LogP contribution >= 0.6 is 0 Å². The van der Waals surface area contributed by atoms with Crippen molar-refractivity contribution in [1.82, 2.24) is 4.72 Å². The Kier molecular flexibility index (Phi) is 7.29. The molecule has 7 heteroatoms. The van der Waals surface area contributed by atoms with E-state index in [9.17, 15) is 8.42 Å². The van der Waals surface area contributed by atoms with Crippen LogP contribution in [0.4, 0.5) is 0 Å². The van der Waals surface area contributed by atoms with E-state index in [0.717, 1.165) is 12.5 Å². The Morgan fingerprint density at radius 1 is 1.13 bits per heavy atom. The molecule has 0 aliphatic heterocycles. The van der Waals surface area contributed by atoms with Gasteiger partial charge in [-0.3, -0.25) is 0 Å². The van der Waals surface area contributed by atoms with E-state index in [0.29, 0.717) is 38.5 Å². The standard InChI is InChI=1S/C16H25NO5S/c1-20-11-12-22-15-5-7-16(8-6-15)23(18,19)17-9-2-10-21-13-14-3-4-14/h5-8,14,17H,2-4,9-13H2,1H3. The van der Waals surface area contributed by atoms with Crippen LogP contribution in [0.2, 0.25) is 0 Å². The van der Waals surface area contributed by atoms with E-state index < -0.39 is 10.0 Å². The third-order valence-electron chi connectivity index (χ3n) is 3.50. The molecular formula is C16H25NO5S. The molecule has 1 aliphatic rings. The minimum absolute atomic E-state index is 0.232. The van der Waals surface area contributed by atoms with Gasteiger partial charge in [-0.1, -0.05) is 0 Å². The van der Waals surface area contributed by atoms with E-state index in [-0.39, 0.29) is 4.90 Å². The molecule has 0 bridgehead atoms. The van der Waals surface area contributed by atoms with E-state index in [4.69, 9.17) is 14.2 Å². The molecule has 1 N–H and O–H groups in total. The molecule has 0 unspecified atom stereocenters. The summed E-state index contributed by atoms with van der Waals surface area (Å²) >= 11 is 0. The average Bonchev–Trinajstić information content (AvgIpc) is 3.36. The van der Waals surface area contributed by atoms with Crippen molar-refractivity contribution in [3.05, 3.63) is 24.3 Å². The van der Waals surface area contributed by atoms with Gasteiger partial charge in [0.2, 0.25) is 10.0 Å². The van der Waals surface area contributed by atoms with Crippen molar-refractivity contribution in [3.63, 3.8) is 0 Å². The average molecular weight is 343 g/mol. The van der Waals surface area contributed by atoms with Crippen molar-refractivity contribution in [1.29, 1.82) is 0 Å². The first-order valence-corrected chi connectivity index (χ1v) is 9.39. The quantitative estimate of drug-likeness (QED) is 0.586. The zero-order valence-electron chi connectivity index (χ0n) is 13.5. The highest BCUT2D eigenvalue weighted by Crippen LogP contribution is 2.28. The second kappa shape index (κ2) is 9.22. The molecule has 0 aromatic heterocycles. The Labute approximate surface area is 138 Å². The van der Waals surface area contributed by atoms with E-state index in [1.54, 1.807) is 19.2 Å². The molecule has 0 amide bonds. The molecule has 6 nitrogen and oxygen atoms in total. The second-order valence-corrected chi connectivity index (χ2v) is 7.35. The number of hydrogen-bond donors (Lipinski definition) is 1. The number of ether oxygens (including phenoxy) is 3. The molecule has 0 radical (unpaired) electrons. The van der Waals surface area contributed by atoms with Gasteiger partial charge in [0.1, 0.15) is 12.4 Å². The summed E-state index contributed by atoms with van der Waals surface area (Å²) in [6, 6.07) is 6.36. The molecule has 0 spiro atoms. The van der Waals surface area contributed by atoms with Gasteiger partial charge in [-0.2, -0.15) is 0 Å². The van der Waals surface area contributed by atoms with Crippen LogP contribution in [-0.4, -0.2) is 48.5 Å². The minimum atomic E-state index is -3.48. The monoisotopic (exact) mass is 343 g/mol. The van der Waals surface area contributed by atoms with E-state index >= 15 is 0 Å². The second-order valence-electron chi connectivity index (χ2n) is 5.58. The lowest BCUT2D eigenvalue weighted by molar-refractivity contribution is 0.123. The highest BCUT2D eigenvalue weighted by Gasteiger charge is 2.21. The summed E-state index contributed by atoms with van der Waals surface area (Å²) in [5.74, 6) is 1.35. The predicted molar refractivity (Wildman–Crippen MR) is 87.2 cm³/mol. The SMILES string of the molecule is COCCOc1ccc(S(=O)(=O)NCCCOCC2CC2)cc1. The topological polar surface area (TPSA) is 73.9 Å². The van der Waals surface area contributed by atoms with Gasteiger partial charge >= 0.3 is 0 Å². The molecule has 0 atom stereocenters. The first-order chi connectivity index (χ1) is 11.1. The van der Waals surface area contributed by atoms with Crippen LogP contribution in [0.15, 0.2) is 29.2 Å². The fourth-order valence-corrected chi connectivity index (χ4v) is 3.03. The largest absolute Gasteiger partial charge is 0.491 e. The van der Waals surface area contributed by atoms with Crippen molar-refractivity contribution in [2.45, 2.75) is 24.2 Å². The Balaban J connectivity index is 1.69. The summed E-state index contributed by atoms with van der Waals surface area (Å²) in [7, 11) is -1.88. The lowest BCUT2D eigenvalue weighted by Gasteiger charge is -2.09. The van der Waals surface area contributed by atoms with E-state index in [2.05, 4.69) is 4.72 Å². The van der Waals surface area contributed by atoms with Crippen LogP contribution in [0.3, 0.4) is 0 Å². The zero-order chi connectivity index (χ0) is 16.5. The maximum Gasteiger partial charge on any atom is 0.240 e. The molecule has 0 heterocycles. The van der Waals surface area contributed by atoms with Crippen molar-refractivity contribution in [2.24, 2.45) is 5.92 Å². The van der Waals surface area contributed by atoms with Gasteiger partial charge in [0.15, 0.2) is 0 Å². The Bertz CT molecular complexity index is 554. The predicted octanol–water partition coefficient (Wildman–Crippen LogP) is 1.81. The van der Waals surface area contributed by atoms with Crippen molar-refractivity contribution < 1.29 is 22.6 Å². The third-order valence-corrected chi connectivity index (χ3v) is 4.98. The summed E-state index contributed by atoms with van der Waals surface area (Å²) in [5, 5.41) is 0. The van der Waals surface area contributed by atoms with Crippen LogP contribution in [0.1, 0.15) is 19.3 Å². The molecule has 1 saturated carbocycles. The van der Waals surface area contributed by atoms with Crippen LogP contribution in [0.5, 0.6) is 5.75 Å². The summed E-state index contributed by atoms with van der Waals surface area (Å²) in [6.45, 7) is 2.69. The fourth-order valence-electron chi connectivity index (χ4n) is 1.96. The molecular weight excluding hydrogens is 318 g/mol. The highest BCUT2D eigenvalue weighted by atomic mass is 32.2. The maximum atomic E-state index is 12.1. The lowest BCUT2D eigenvalue weighted by atomic mass is 10.3. The van der Waals surface area contributed by atoms with Crippen LogP contribution in [0.25, 0.3) is 0 Å². The minimum Gasteiger partial charge on any atom is -0.491 e. The van der Waals surface area contributed by atoms with Gasteiger partial charge in [-0.15, -0.1) is 0 Å². The van der Waals surface area contributed by atoms with Gasteiger partial charge < -0.3 is 14.2 Å². The van der Waals surface area contributed by atoms with Gasteiger partial charge in [-0.05, 0) is 49.4 Å². The van der Waals surface area contributed by atoms with Crippen molar-refractivity contribution in [2.75, 3.05) is 40.1 Å². The van der Waals surface area contributed by atoms with Gasteiger partial charge in [0.25, 0.3) is 0 Å². The Hall–Kier alpha value is -1.15. The van der Waals surface area contributed by atoms with Crippen LogP contribution in [0, 0.1) is 5.92 Å². The molecule has 1 fully saturated rings. The fraction of sp³-hybridized carbons (Fsp3) is 0.625. The zero-order valence-corrected chi connectivity index (χ0v) is 14.3. The Morgan fingerprint density at radius 3 is 2.52 bits per heavy atom. The third kappa shape index (κ3) is 6.87. The van der Waals surface area contributed by atoms with Gasteiger partial charge in [-0.25, -0.2) is 13.1 Å². The van der Waals surface area contributed by atoms with Crippen LogP contribution in [-0.2, 0) is 19.5 Å². The maximum absolute atomic E-state index is 12.1. The van der Waals surface area contributed by atoms with Crippen molar-refractivity contribution in [3.8, 4) is 5.75 Å². The molecule has 23 heavy (non-hydrogen) atoms. The van der Waals surface area contributed by atoms with E-state index in [1.165, 1.54) is 25.0 Å². The summed E-state index contributed by atoms with van der Waals surface area (Å²) in [4.78, 5) is 0.232. The summed E-state index contributed by atoms with van der Waals surface area (Å²) < 4.78 is 42.6. The first kappa shape index (κ1) is 18.2. The molecule has 2 rings (SSSR count). The van der Waals surface area contributed by atoms with Crippen LogP contribution < -0.4 is 9.46 Å². The number of benzene rings is 1. The van der Waals surface area contributed by atoms with Crippen molar-refractivity contribution >= 4 is 10.0 Å². The van der Waals surface area contributed by atoms with E-state index in [1.807, 2.05) is 0 Å². The molecule has 1 aliphatic carbocycles. The number of methoxy groups -OCH3 is 1. The molecule has 130 valence electrons. The molecule has 1 aromatic rings. The first-order valence-electron chi connectivity index (χ1n) is 7.91. The smallest absolute Gasteiger partial charge is 0.240 e. The normalized spacial score (nSPS) is 14.8. The number of sulfonamides is 1.